The van der Waals surface area contributed by atoms with Crippen molar-refractivity contribution in [3.05, 3.63) is 23.8 Å². The summed E-state index contributed by atoms with van der Waals surface area (Å²) in [7, 11) is 3.33. The van der Waals surface area contributed by atoms with Crippen LogP contribution in [0.5, 0.6) is 11.5 Å². The van der Waals surface area contributed by atoms with Crippen LogP contribution in [0.3, 0.4) is 0 Å². The average molecular weight is 637 g/mol. The van der Waals surface area contributed by atoms with Crippen LogP contribution < -0.4 is 20.1 Å². The van der Waals surface area contributed by atoms with E-state index in [2.05, 4.69) is 50.5 Å². The number of nitrogens with one attached hydrogen (secondary N) is 2. The number of rotatable bonds is 21. The summed E-state index contributed by atoms with van der Waals surface area (Å²) in [6, 6.07) is 6.09. The first kappa shape index (κ1) is 40.5. The Hall–Kier alpha value is -2.52. The van der Waals surface area contributed by atoms with Crippen LogP contribution in [0, 0.1) is 23.7 Å². The van der Waals surface area contributed by atoms with Crippen LogP contribution in [0.25, 0.3) is 0 Å². The van der Waals surface area contributed by atoms with E-state index >= 15 is 0 Å². The maximum absolute atomic E-state index is 13.4. The van der Waals surface area contributed by atoms with Crippen molar-refractivity contribution in [1.82, 2.24) is 10.6 Å². The minimum atomic E-state index is -0.655. The van der Waals surface area contributed by atoms with Crippen LogP contribution in [0.15, 0.2) is 18.2 Å². The average Bonchev–Trinajstić information content (AvgIpc) is 2.97. The van der Waals surface area contributed by atoms with E-state index in [0.717, 1.165) is 31.4 Å². The molecular formula is C36H64N2O7. The molecule has 0 aromatic heterocycles. The lowest BCUT2D eigenvalue weighted by Gasteiger charge is -2.33. The third-order valence-electron chi connectivity index (χ3n) is 8.72. The smallest absolute Gasteiger partial charge is 0.408 e. The van der Waals surface area contributed by atoms with Crippen molar-refractivity contribution in [2.45, 2.75) is 125 Å². The van der Waals surface area contributed by atoms with E-state index < -0.39 is 23.3 Å². The molecule has 1 aromatic rings. The first-order valence-electron chi connectivity index (χ1n) is 16.8. The summed E-state index contributed by atoms with van der Waals surface area (Å²) in [5.74, 6) is 1.90. The molecule has 0 saturated heterocycles. The number of aliphatic hydroxyl groups excluding tert-OH is 1. The third kappa shape index (κ3) is 15.6. The number of aliphatic hydroxyl groups is 1. The Bertz CT molecular complexity index is 1010. The molecule has 9 heteroatoms. The number of hydrogen-bond acceptors (Lipinski definition) is 7. The molecule has 45 heavy (non-hydrogen) atoms. The van der Waals surface area contributed by atoms with Gasteiger partial charge in [-0.2, -0.15) is 0 Å². The van der Waals surface area contributed by atoms with Gasteiger partial charge in [-0.05, 0) is 95.2 Å². The van der Waals surface area contributed by atoms with Crippen molar-refractivity contribution in [3.8, 4) is 11.5 Å². The van der Waals surface area contributed by atoms with Gasteiger partial charge in [-0.25, -0.2) is 4.79 Å². The summed E-state index contributed by atoms with van der Waals surface area (Å²) in [4.78, 5) is 25.9. The zero-order valence-corrected chi connectivity index (χ0v) is 30.1. The van der Waals surface area contributed by atoms with E-state index in [1.54, 1.807) is 14.2 Å². The number of amides is 2. The van der Waals surface area contributed by atoms with Crippen molar-refractivity contribution in [2.75, 3.05) is 34.0 Å². The quantitative estimate of drug-likeness (QED) is 0.125. The van der Waals surface area contributed by atoms with Gasteiger partial charge in [0.15, 0.2) is 11.5 Å². The predicted octanol–water partition coefficient (Wildman–Crippen LogP) is 6.93. The first-order chi connectivity index (χ1) is 21.1. The summed E-state index contributed by atoms with van der Waals surface area (Å²) >= 11 is 0. The van der Waals surface area contributed by atoms with Crippen LogP contribution in [-0.4, -0.2) is 68.3 Å². The van der Waals surface area contributed by atoms with Gasteiger partial charge >= 0.3 is 6.09 Å². The van der Waals surface area contributed by atoms with Gasteiger partial charge in [0.2, 0.25) is 5.91 Å². The molecule has 0 spiro atoms. The zero-order valence-electron chi connectivity index (χ0n) is 30.1. The topological polar surface area (TPSA) is 115 Å². The maximum Gasteiger partial charge on any atom is 0.408 e. The fraction of sp³-hybridized carbons (Fsp3) is 0.778. The van der Waals surface area contributed by atoms with E-state index in [1.807, 2.05) is 40.7 Å². The second kappa shape index (κ2) is 19.9. The van der Waals surface area contributed by atoms with Crippen LogP contribution in [0.4, 0.5) is 4.79 Å². The molecule has 260 valence electrons. The van der Waals surface area contributed by atoms with Crippen LogP contribution in [0.2, 0.25) is 0 Å². The van der Waals surface area contributed by atoms with E-state index in [-0.39, 0.29) is 24.3 Å². The zero-order chi connectivity index (χ0) is 34.2. The molecule has 5 atom stereocenters. The van der Waals surface area contributed by atoms with E-state index in [9.17, 15) is 14.7 Å². The largest absolute Gasteiger partial charge is 0.493 e. The molecular weight excluding hydrogens is 572 g/mol. The molecule has 0 radical (unpaired) electrons. The van der Waals surface area contributed by atoms with Crippen LogP contribution >= 0.6 is 0 Å². The van der Waals surface area contributed by atoms with Gasteiger partial charge < -0.3 is 34.7 Å². The molecule has 4 unspecified atom stereocenters. The highest BCUT2D eigenvalue weighted by atomic mass is 16.6. The number of carbonyl (C=O) groups excluding carboxylic acids is 2. The molecule has 1 rings (SSSR count). The maximum atomic E-state index is 13.4. The second-order valence-electron chi connectivity index (χ2n) is 14.1. The van der Waals surface area contributed by atoms with E-state index in [4.69, 9.17) is 18.9 Å². The van der Waals surface area contributed by atoms with Crippen molar-refractivity contribution >= 4 is 12.0 Å². The Morgan fingerprint density at radius 2 is 1.67 bits per heavy atom. The standard InChI is InChI=1S/C36H64N2O7/c1-12-26(5)30(33(40)37-24-36(9,13-2)38-34(41)45-35(6,7)8)23-29(39)17-16-28(25(3)4)21-27-15-18-31(43-11)32(22-27)44-20-14-19-42-10/h15,18,22,25-26,28-30,39H,12-14,16-17,19-21,23-24H2,1-11H3,(H,37,40)(H,38,41)/t26?,28?,29-,30?,36?/m1/s1. The molecule has 0 bridgehead atoms. The lowest BCUT2D eigenvalue weighted by atomic mass is 9.82. The summed E-state index contributed by atoms with van der Waals surface area (Å²) in [5, 5.41) is 17.2. The van der Waals surface area contributed by atoms with Crippen molar-refractivity contribution < 1.29 is 33.6 Å². The SMILES string of the molecule is CCC(C)C(C[C@H](O)CCC(Cc1ccc(OC)c(OCCCOC)c1)C(C)C)C(=O)NCC(C)(CC)NC(=O)OC(C)(C)C. The van der Waals surface area contributed by atoms with Gasteiger partial charge in [0.05, 0.1) is 25.4 Å². The Balaban J connectivity index is 2.84. The van der Waals surface area contributed by atoms with Gasteiger partial charge in [-0.15, -0.1) is 0 Å². The molecule has 0 aliphatic rings. The number of methoxy groups -OCH3 is 2. The van der Waals surface area contributed by atoms with Gasteiger partial charge in [0, 0.05) is 32.6 Å². The molecule has 0 heterocycles. The Labute approximate surface area is 273 Å². The summed E-state index contributed by atoms with van der Waals surface area (Å²) < 4.78 is 22.0. The minimum absolute atomic E-state index is 0.0919. The van der Waals surface area contributed by atoms with Crippen LogP contribution in [0.1, 0.15) is 106 Å². The lowest BCUT2D eigenvalue weighted by Crippen LogP contribution is -2.55. The molecule has 0 aliphatic carbocycles. The number of benzene rings is 1. The number of hydrogen-bond donors (Lipinski definition) is 3. The van der Waals surface area contributed by atoms with Gasteiger partial charge in [-0.3, -0.25) is 4.79 Å². The van der Waals surface area contributed by atoms with Gasteiger partial charge in [0.25, 0.3) is 0 Å². The van der Waals surface area contributed by atoms with Gasteiger partial charge in [0.1, 0.15) is 5.60 Å². The Morgan fingerprint density at radius 3 is 2.22 bits per heavy atom. The molecule has 0 aliphatic heterocycles. The molecule has 0 fully saturated rings. The van der Waals surface area contributed by atoms with Crippen molar-refractivity contribution in [2.24, 2.45) is 23.7 Å². The van der Waals surface area contributed by atoms with Gasteiger partial charge in [-0.1, -0.05) is 47.1 Å². The molecule has 3 N–H and O–H groups in total. The summed E-state index contributed by atoms with van der Waals surface area (Å²) in [6.07, 6.45) is 3.87. The first-order valence-corrected chi connectivity index (χ1v) is 16.8. The van der Waals surface area contributed by atoms with Crippen molar-refractivity contribution in [3.63, 3.8) is 0 Å². The lowest BCUT2D eigenvalue weighted by molar-refractivity contribution is -0.128. The molecule has 2 amide bonds. The second-order valence-corrected chi connectivity index (χ2v) is 14.1. The Kier molecular flexibility index (Phi) is 17.9. The highest BCUT2D eigenvalue weighted by Gasteiger charge is 2.32. The van der Waals surface area contributed by atoms with E-state index in [0.29, 0.717) is 50.1 Å². The molecule has 9 nitrogen and oxygen atoms in total. The minimum Gasteiger partial charge on any atom is -0.493 e. The summed E-state index contributed by atoms with van der Waals surface area (Å²) in [6.45, 7) is 19.4. The fourth-order valence-corrected chi connectivity index (χ4v) is 5.24. The highest BCUT2D eigenvalue weighted by molar-refractivity contribution is 5.79. The third-order valence-corrected chi connectivity index (χ3v) is 8.72. The molecule has 0 saturated carbocycles. The van der Waals surface area contributed by atoms with Crippen LogP contribution in [-0.2, 0) is 20.7 Å². The van der Waals surface area contributed by atoms with E-state index in [1.165, 1.54) is 5.56 Å². The normalized spacial score (nSPS) is 15.8. The fourth-order valence-electron chi connectivity index (χ4n) is 5.24. The number of ether oxygens (including phenoxy) is 4. The molecule has 1 aromatic carbocycles. The van der Waals surface area contributed by atoms with Crippen molar-refractivity contribution in [1.29, 1.82) is 0 Å². The number of alkyl carbamates (subject to hydrolysis) is 1. The highest BCUT2D eigenvalue weighted by Crippen LogP contribution is 2.32. The number of carbonyl (C=O) groups is 2. The monoisotopic (exact) mass is 636 g/mol. The Morgan fingerprint density at radius 1 is 0.978 bits per heavy atom. The summed E-state index contributed by atoms with van der Waals surface area (Å²) in [5.41, 5.74) is -0.0940. The predicted molar refractivity (Wildman–Crippen MR) is 181 cm³/mol.